The maximum Gasteiger partial charge on any atom is 0.0510 e. The highest BCUT2D eigenvalue weighted by Gasteiger charge is 2.12. The van der Waals surface area contributed by atoms with Crippen molar-refractivity contribution < 1.29 is 0 Å². The normalized spacial score (nSPS) is 20.9. The molecule has 0 radical (unpaired) electrons. The smallest absolute Gasteiger partial charge is 0.0510 e. The zero-order valence-electron chi connectivity index (χ0n) is 9.09. The van der Waals surface area contributed by atoms with E-state index < -0.39 is 0 Å². The average Bonchev–Trinajstić information content (AvgIpc) is 2.15. The van der Waals surface area contributed by atoms with E-state index in [0.29, 0.717) is 6.04 Å². The molecule has 0 heterocycles. The maximum absolute atomic E-state index is 5.58. The summed E-state index contributed by atoms with van der Waals surface area (Å²) in [6.07, 6.45) is 12.5. The molecule has 1 atom stereocenters. The second-order valence-electron chi connectivity index (χ2n) is 3.91. The van der Waals surface area contributed by atoms with E-state index in [2.05, 4.69) is 17.8 Å². The fourth-order valence-corrected chi connectivity index (χ4v) is 2.61. The predicted octanol–water partition coefficient (Wildman–Crippen LogP) is 2.46. The van der Waals surface area contributed by atoms with E-state index in [1.165, 1.54) is 44.1 Å². The molecule has 3 heteroatoms. The number of hydrazine groups is 1. The Balaban J connectivity index is 2.51. The van der Waals surface area contributed by atoms with Gasteiger partial charge < -0.3 is 0 Å². The summed E-state index contributed by atoms with van der Waals surface area (Å²) in [6.45, 7) is 0. The van der Waals surface area contributed by atoms with Crippen LogP contribution in [0.15, 0.2) is 11.6 Å². The van der Waals surface area contributed by atoms with Crippen molar-refractivity contribution in [3.05, 3.63) is 11.6 Å². The molecule has 0 aromatic carbocycles. The molecule has 0 spiro atoms. The Morgan fingerprint density at radius 2 is 2.21 bits per heavy atom. The summed E-state index contributed by atoms with van der Waals surface area (Å²) in [5.41, 5.74) is 4.46. The van der Waals surface area contributed by atoms with E-state index in [0.717, 1.165) is 5.75 Å². The SMILES string of the molecule is CSCC(NN)C1=CCCCCCC1. The summed E-state index contributed by atoms with van der Waals surface area (Å²) < 4.78 is 0. The third-order valence-electron chi connectivity index (χ3n) is 2.81. The maximum atomic E-state index is 5.58. The number of hydrogen-bond acceptors (Lipinski definition) is 3. The van der Waals surface area contributed by atoms with E-state index >= 15 is 0 Å². The van der Waals surface area contributed by atoms with Gasteiger partial charge in [-0.1, -0.05) is 24.5 Å². The van der Waals surface area contributed by atoms with Crippen LogP contribution in [-0.4, -0.2) is 18.1 Å². The minimum Gasteiger partial charge on any atom is -0.271 e. The summed E-state index contributed by atoms with van der Waals surface area (Å²) in [4.78, 5) is 0. The van der Waals surface area contributed by atoms with Gasteiger partial charge in [0, 0.05) is 5.75 Å². The lowest BCUT2D eigenvalue weighted by atomic mass is 9.96. The fraction of sp³-hybridized carbons (Fsp3) is 0.818. The third-order valence-corrected chi connectivity index (χ3v) is 3.47. The molecule has 1 unspecified atom stereocenters. The number of nitrogens with two attached hydrogens (primary N) is 1. The van der Waals surface area contributed by atoms with Gasteiger partial charge in [-0.25, -0.2) is 0 Å². The molecule has 1 aliphatic rings. The molecule has 0 fully saturated rings. The molecule has 0 aromatic heterocycles. The Morgan fingerprint density at radius 3 is 2.93 bits per heavy atom. The van der Waals surface area contributed by atoms with Crippen LogP contribution in [0.1, 0.15) is 38.5 Å². The lowest BCUT2D eigenvalue weighted by molar-refractivity contribution is 0.567. The Labute approximate surface area is 91.7 Å². The van der Waals surface area contributed by atoms with Crippen molar-refractivity contribution in [1.82, 2.24) is 5.43 Å². The van der Waals surface area contributed by atoms with E-state index in [1.807, 2.05) is 11.8 Å². The van der Waals surface area contributed by atoms with Gasteiger partial charge in [-0.15, -0.1) is 0 Å². The van der Waals surface area contributed by atoms with Gasteiger partial charge in [-0.05, 0) is 31.9 Å². The topological polar surface area (TPSA) is 38.0 Å². The summed E-state index contributed by atoms with van der Waals surface area (Å²) in [5, 5.41) is 0. The Morgan fingerprint density at radius 1 is 1.43 bits per heavy atom. The standard InChI is InChI=1S/C11H22N2S/c1-14-9-11(13-12)10-7-5-3-2-4-6-8-10/h7,11,13H,2-6,8-9,12H2,1H3. The summed E-state index contributed by atoms with van der Waals surface area (Å²) in [7, 11) is 0. The number of allylic oxidation sites excluding steroid dienone is 1. The van der Waals surface area contributed by atoms with Gasteiger partial charge >= 0.3 is 0 Å². The van der Waals surface area contributed by atoms with Crippen LogP contribution in [0.5, 0.6) is 0 Å². The first-order valence-corrected chi connectivity index (χ1v) is 6.92. The monoisotopic (exact) mass is 214 g/mol. The van der Waals surface area contributed by atoms with Gasteiger partial charge in [0.05, 0.1) is 6.04 Å². The number of nitrogens with one attached hydrogen (secondary N) is 1. The second-order valence-corrected chi connectivity index (χ2v) is 4.82. The Kier molecular flexibility index (Phi) is 6.32. The van der Waals surface area contributed by atoms with Gasteiger partial charge in [0.1, 0.15) is 0 Å². The number of rotatable bonds is 4. The first-order chi connectivity index (χ1) is 6.88. The molecule has 0 aliphatic heterocycles. The van der Waals surface area contributed by atoms with E-state index in [4.69, 9.17) is 5.84 Å². The molecule has 0 amide bonds. The van der Waals surface area contributed by atoms with Crippen molar-refractivity contribution in [3.8, 4) is 0 Å². The highest BCUT2D eigenvalue weighted by molar-refractivity contribution is 7.98. The van der Waals surface area contributed by atoms with Crippen molar-refractivity contribution in [2.24, 2.45) is 5.84 Å². The zero-order valence-corrected chi connectivity index (χ0v) is 9.91. The van der Waals surface area contributed by atoms with E-state index in [1.54, 1.807) is 0 Å². The minimum absolute atomic E-state index is 0.392. The van der Waals surface area contributed by atoms with Crippen molar-refractivity contribution in [3.63, 3.8) is 0 Å². The summed E-state index contributed by atoms with van der Waals surface area (Å²) >= 11 is 1.86. The zero-order chi connectivity index (χ0) is 10.2. The van der Waals surface area contributed by atoms with Gasteiger partial charge in [0.15, 0.2) is 0 Å². The van der Waals surface area contributed by atoms with Crippen LogP contribution >= 0.6 is 11.8 Å². The van der Waals surface area contributed by atoms with Gasteiger partial charge in [0.25, 0.3) is 0 Å². The van der Waals surface area contributed by atoms with Crippen molar-refractivity contribution in [2.75, 3.05) is 12.0 Å². The highest BCUT2D eigenvalue weighted by Crippen LogP contribution is 2.20. The van der Waals surface area contributed by atoms with Crippen LogP contribution in [0.25, 0.3) is 0 Å². The van der Waals surface area contributed by atoms with Crippen molar-refractivity contribution in [2.45, 2.75) is 44.6 Å². The molecule has 82 valence electrons. The first-order valence-electron chi connectivity index (χ1n) is 5.52. The lowest BCUT2D eigenvalue weighted by Gasteiger charge is -2.20. The Bertz CT molecular complexity index is 180. The number of hydrogen-bond donors (Lipinski definition) is 2. The molecule has 14 heavy (non-hydrogen) atoms. The molecule has 0 aromatic rings. The van der Waals surface area contributed by atoms with E-state index in [9.17, 15) is 0 Å². The van der Waals surface area contributed by atoms with Gasteiger partial charge in [0.2, 0.25) is 0 Å². The number of thioether (sulfide) groups is 1. The third kappa shape index (κ3) is 4.03. The van der Waals surface area contributed by atoms with E-state index in [-0.39, 0.29) is 0 Å². The molecule has 1 rings (SSSR count). The largest absolute Gasteiger partial charge is 0.271 e. The second kappa shape index (κ2) is 7.32. The van der Waals surface area contributed by atoms with Crippen molar-refractivity contribution >= 4 is 11.8 Å². The lowest BCUT2D eigenvalue weighted by Crippen LogP contribution is -2.38. The van der Waals surface area contributed by atoms with Crippen LogP contribution in [-0.2, 0) is 0 Å². The average molecular weight is 214 g/mol. The first kappa shape index (κ1) is 12.1. The van der Waals surface area contributed by atoms with Crippen LogP contribution < -0.4 is 11.3 Å². The van der Waals surface area contributed by atoms with Gasteiger partial charge in [-0.2, -0.15) is 11.8 Å². The van der Waals surface area contributed by atoms with Gasteiger partial charge in [-0.3, -0.25) is 11.3 Å². The Hall–Kier alpha value is 0.0100. The van der Waals surface area contributed by atoms with Crippen molar-refractivity contribution in [1.29, 1.82) is 0 Å². The molecular formula is C11H22N2S. The molecule has 2 nitrogen and oxygen atoms in total. The molecule has 0 saturated heterocycles. The minimum atomic E-state index is 0.392. The summed E-state index contributed by atoms with van der Waals surface area (Å²) in [6, 6.07) is 0.392. The predicted molar refractivity (Wildman–Crippen MR) is 65.3 cm³/mol. The van der Waals surface area contributed by atoms with Crippen LogP contribution in [0.3, 0.4) is 0 Å². The fourth-order valence-electron chi connectivity index (χ4n) is 1.96. The molecular weight excluding hydrogens is 192 g/mol. The van der Waals surface area contributed by atoms with Crippen LogP contribution in [0.4, 0.5) is 0 Å². The molecule has 0 bridgehead atoms. The summed E-state index contributed by atoms with van der Waals surface area (Å²) in [5.74, 6) is 6.66. The molecule has 3 N–H and O–H groups in total. The van der Waals surface area contributed by atoms with Crippen LogP contribution in [0, 0.1) is 0 Å². The highest BCUT2D eigenvalue weighted by atomic mass is 32.2. The van der Waals surface area contributed by atoms with Crippen LogP contribution in [0.2, 0.25) is 0 Å². The molecule has 0 saturated carbocycles. The quantitative estimate of drug-likeness (QED) is 0.429. The molecule has 1 aliphatic carbocycles.